The van der Waals surface area contributed by atoms with E-state index in [1.807, 2.05) is 60.5 Å². The lowest BCUT2D eigenvalue weighted by atomic mass is 9.57. The molecule has 1 amide bonds. The number of piperidine rings is 1. The first-order chi connectivity index (χ1) is 14.5. The number of likely N-dealkylation sites (tertiary alicyclic amines) is 1. The topological polar surface area (TPSA) is 43.8 Å². The number of amides is 1. The molecule has 1 saturated carbocycles. The molecule has 30 heavy (non-hydrogen) atoms. The summed E-state index contributed by atoms with van der Waals surface area (Å²) >= 11 is 0. The normalized spacial score (nSPS) is 26.6. The Balaban J connectivity index is 1.62. The quantitative estimate of drug-likeness (QED) is 0.748. The van der Waals surface area contributed by atoms with Crippen molar-refractivity contribution >= 4 is 5.91 Å². The van der Waals surface area contributed by atoms with Crippen LogP contribution < -0.4 is 0 Å². The molecule has 4 heteroatoms. The Morgan fingerprint density at radius 2 is 2.03 bits per heavy atom. The van der Waals surface area contributed by atoms with Gasteiger partial charge in [-0.1, -0.05) is 36.4 Å². The summed E-state index contributed by atoms with van der Waals surface area (Å²) in [6.45, 7) is 6.89. The van der Waals surface area contributed by atoms with Crippen molar-refractivity contribution in [3.05, 3.63) is 78.4 Å². The number of carbonyl (C=O) groups is 1. The summed E-state index contributed by atoms with van der Waals surface area (Å²) in [5.74, 6) is 0.934. The Bertz CT molecular complexity index is 897. The number of hydrogen-bond donors (Lipinski definition) is 1. The molecule has 1 saturated heterocycles. The van der Waals surface area contributed by atoms with Crippen molar-refractivity contribution in [1.29, 1.82) is 0 Å². The molecule has 4 rings (SSSR count). The number of fused-ring (bicyclic) bond motifs is 1. The highest BCUT2D eigenvalue weighted by Crippen LogP contribution is 2.50. The van der Waals surface area contributed by atoms with E-state index in [2.05, 4.69) is 17.5 Å². The van der Waals surface area contributed by atoms with Crippen LogP contribution in [0.1, 0.15) is 41.6 Å². The van der Waals surface area contributed by atoms with Crippen molar-refractivity contribution in [3.63, 3.8) is 0 Å². The largest absolute Gasteiger partial charge is 0.508 e. The Morgan fingerprint density at radius 1 is 1.23 bits per heavy atom. The molecular weight excluding hydrogens is 372 g/mol. The maximum absolute atomic E-state index is 13.1. The lowest BCUT2D eigenvalue weighted by molar-refractivity contribution is 0.0221. The van der Waals surface area contributed by atoms with Gasteiger partial charge in [0.05, 0.1) is 0 Å². The van der Waals surface area contributed by atoms with E-state index in [-0.39, 0.29) is 17.4 Å². The minimum atomic E-state index is -0.00937. The maximum Gasteiger partial charge on any atom is 0.253 e. The third kappa shape index (κ3) is 3.89. The third-order valence-electron chi connectivity index (χ3n) is 7.28. The van der Waals surface area contributed by atoms with Crippen LogP contribution in [-0.4, -0.2) is 53.5 Å². The average Bonchev–Trinajstić information content (AvgIpc) is 2.78. The Morgan fingerprint density at radius 3 is 2.77 bits per heavy atom. The first kappa shape index (κ1) is 20.7. The standard InChI is InChI=1S/C26H32N2O2/c1-3-15-28-16-14-26(21-10-7-11-24(29)17-21)18-23(13-12-22(26)19-28)27(2)25(30)20-8-5-4-6-9-20/h3-11,17,22-23,29H,1,12-16,18-19H2,2H3/t22-,23+,26+/m1/s1. The van der Waals surface area contributed by atoms with E-state index in [0.717, 1.165) is 50.9 Å². The first-order valence-corrected chi connectivity index (χ1v) is 11.0. The molecule has 0 unspecified atom stereocenters. The second-order valence-corrected chi connectivity index (χ2v) is 8.92. The first-order valence-electron chi connectivity index (χ1n) is 11.0. The van der Waals surface area contributed by atoms with Gasteiger partial charge in [-0.05, 0) is 68.0 Å². The van der Waals surface area contributed by atoms with Gasteiger partial charge in [-0.25, -0.2) is 0 Å². The van der Waals surface area contributed by atoms with Gasteiger partial charge in [-0.2, -0.15) is 0 Å². The van der Waals surface area contributed by atoms with Gasteiger partial charge in [-0.3, -0.25) is 9.69 Å². The number of carbonyl (C=O) groups excluding carboxylic acids is 1. The van der Waals surface area contributed by atoms with Crippen molar-refractivity contribution < 1.29 is 9.90 Å². The molecule has 2 aromatic carbocycles. The van der Waals surface area contributed by atoms with Crippen molar-refractivity contribution in [3.8, 4) is 5.75 Å². The number of phenolic OH excluding ortho intramolecular Hbond substituents is 1. The molecule has 0 bridgehead atoms. The van der Waals surface area contributed by atoms with Crippen molar-refractivity contribution in [2.45, 2.75) is 37.1 Å². The second-order valence-electron chi connectivity index (χ2n) is 8.92. The molecule has 3 atom stereocenters. The highest BCUT2D eigenvalue weighted by Gasteiger charge is 2.49. The highest BCUT2D eigenvalue weighted by molar-refractivity contribution is 5.94. The van der Waals surface area contributed by atoms with Gasteiger partial charge in [0.25, 0.3) is 5.91 Å². The van der Waals surface area contributed by atoms with Gasteiger partial charge in [-0.15, -0.1) is 6.58 Å². The third-order valence-corrected chi connectivity index (χ3v) is 7.28. The van der Waals surface area contributed by atoms with Crippen molar-refractivity contribution in [2.24, 2.45) is 5.92 Å². The van der Waals surface area contributed by atoms with E-state index in [0.29, 0.717) is 11.7 Å². The smallest absolute Gasteiger partial charge is 0.253 e. The van der Waals surface area contributed by atoms with E-state index in [1.165, 1.54) is 5.56 Å². The van der Waals surface area contributed by atoms with E-state index >= 15 is 0 Å². The number of rotatable bonds is 5. The van der Waals surface area contributed by atoms with Crippen LogP contribution >= 0.6 is 0 Å². The summed E-state index contributed by atoms with van der Waals surface area (Å²) in [4.78, 5) is 17.5. The van der Waals surface area contributed by atoms with E-state index in [4.69, 9.17) is 0 Å². The summed E-state index contributed by atoms with van der Waals surface area (Å²) in [6.07, 6.45) is 6.07. The van der Waals surface area contributed by atoms with E-state index in [9.17, 15) is 9.90 Å². The zero-order valence-corrected chi connectivity index (χ0v) is 17.8. The molecule has 0 radical (unpaired) electrons. The fourth-order valence-electron chi connectivity index (χ4n) is 5.63. The number of benzene rings is 2. The van der Waals surface area contributed by atoms with Crippen LogP contribution in [0.2, 0.25) is 0 Å². The van der Waals surface area contributed by atoms with Gasteiger partial charge >= 0.3 is 0 Å². The fourth-order valence-corrected chi connectivity index (χ4v) is 5.63. The van der Waals surface area contributed by atoms with Crippen LogP contribution in [-0.2, 0) is 5.41 Å². The molecule has 158 valence electrons. The minimum Gasteiger partial charge on any atom is -0.508 e. The van der Waals surface area contributed by atoms with E-state index in [1.54, 1.807) is 6.07 Å². The summed E-state index contributed by atoms with van der Waals surface area (Å²) in [7, 11) is 1.95. The fraction of sp³-hybridized carbons (Fsp3) is 0.423. The van der Waals surface area contributed by atoms with Crippen LogP contribution in [0.4, 0.5) is 0 Å². The average molecular weight is 405 g/mol. The summed E-state index contributed by atoms with van der Waals surface area (Å²) in [5, 5.41) is 10.2. The van der Waals surface area contributed by atoms with Crippen LogP contribution in [0.3, 0.4) is 0 Å². The van der Waals surface area contributed by atoms with Crippen molar-refractivity contribution in [1.82, 2.24) is 9.80 Å². The molecule has 4 nitrogen and oxygen atoms in total. The molecule has 2 fully saturated rings. The molecule has 2 aromatic rings. The number of nitrogens with zero attached hydrogens (tertiary/aromatic N) is 2. The lowest BCUT2D eigenvalue weighted by Gasteiger charge is -2.54. The van der Waals surface area contributed by atoms with Gasteiger partial charge < -0.3 is 10.0 Å². The number of phenols is 1. The summed E-state index contributed by atoms with van der Waals surface area (Å²) < 4.78 is 0. The SMILES string of the molecule is C=CCN1CC[C@@]2(c3cccc(O)c3)C[C@@H](N(C)C(=O)c3ccccc3)CC[C@@H]2C1. The molecule has 0 aromatic heterocycles. The minimum absolute atomic E-state index is 0.00937. The summed E-state index contributed by atoms with van der Waals surface area (Å²) in [6, 6.07) is 17.6. The zero-order chi connectivity index (χ0) is 21.1. The molecule has 1 heterocycles. The van der Waals surface area contributed by atoms with Gasteiger partial charge in [0, 0.05) is 37.2 Å². The molecule has 1 aliphatic heterocycles. The summed E-state index contributed by atoms with van der Waals surface area (Å²) in [5.41, 5.74) is 1.95. The molecule has 2 aliphatic rings. The molecule has 1 aliphatic carbocycles. The molecular formula is C26H32N2O2. The van der Waals surface area contributed by atoms with Gasteiger partial charge in [0.15, 0.2) is 0 Å². The second kappa shape index (κ2) is 8.65. The lowest BCUT2D eigenvalue weighted by Crippen LogP contribution is -2.56. The molecule has 1 N–H and O–H groups in total. The van der Waals surface area contributed by atoms with Crippen molar-refractivity contribution in [2.75, 3.05) is 26.7 Å². The maximum atomic E-state index is 13.1. The zero-order valence-electron chi connectivity index (χ0n) is 17.8. The highest BCUT2D eigenvalue weighted by atomic mass is 16.3. The Kier molecular flexibility index (Phi) is 5.96. The van der Waals surface area contributed by atoms with Gasteiger partial charge in [0.2, 0.25) is 0 Å². The monoisotopic (exact) mass is 404 g/mol. The van der Waals surface area contributed by atoms with Gasteiger partial charge in [0.1, 0.15) is 5.75 Å². The van der Waals surface area contributed by atoms with Crippen LogP contribution in [0, 0.1) is 5.92 Å². The predicted molar refractivity (Wildman–Crippen MR) is 121 cm³/mol. The predicted octanol–water partition coefficient (Wildman–Crippen LogP) is 4.46. The van der Waals surface area contributed by atoms with Crippen LogP contribution in [0.5, 0.6) is 5.75 Å². The van der Waals surface area contributed by atoms with E-state index < -0.39 is 0 Å². The Hall–Kier alpha value is -2.59. The number of hydrogen-bond acceptors (Lipinski definition) is 3. The van der Waals surface area contributed by atoms with Crippen LogP contribution in [0.15, 0.2) is 67.3 Å². The van der Waals surface area contributed by atoms with Crippen LogP contribution in [0.25, 0.3) is 0 Å². The Labute approximate surface area is 179 Å². The number of aromatic hydroxyl groups is 1. The molecule has 0 spiro atoms.